The molecule has 1 aromatic carbocycles. The smallest absolute Gasteiger partial charge is 0.414 e. The van der Waals surface area contributed by atoms with Gasteiger partial charge in [-0.2, -0.15) is 0 Å². The maximum atomic E-state index is 10.5. The monoisotopic (exact) mass is 325 g/mol. The van der Waals surface area contributed by atoms with Gasteiger partial charge in [-0.05, 0) is 12.6 Å². The molecule has 1 aliphatic rings. The number of rotatable bonds is 3. The molecule has 1 fully saturated rings. The van der Waals surface area contributed by atoms with E-state index in [4.69, 9.17) is 19.8 Å². The molecule has 0 atom stereocenters. The van der Waals surface area contributed by atoms with E-state index in [1.165, 1.54) is 0 Å². The second-order valence-electron chi connectivity index (χ2n) is 5.11. The molecule has 1 aliphatic heterocycles. The van der Waals surface area contributed by atoms with Crippen LogP contribution in [0.25, 0.3) is 0 Å². The van der Waals surface area contributed by atoms with Gasteiger partial charge in [0.2, 0.25) is 0 Å². The molecule has 9 heteroatoms. The maximum Gasteiger partial charge on any atom is 0.414 e. The lowest BCUT2D eigenvalue weighted by atomic mass is 10.2. The summed E-state index contributed by atoms with van der Waals surface area (Å²) in [6.45, 7) is 5.19. The summed E-state index contributed by atoms with van der Waals surface area (Å²) in [6, 6.07) is 6.84. The van der Waals surface area contributed by atoms with Crippen molar-refractivity contribution in [3.8, 4) is 0 Å². The number of hydrogen-bond acceptors (Lipinski definition) is 6. The first kappa shape index (κ1) is 18.5. The first-order valence-corrected chi connectivity index (χ1v) is 6.90. The lowest BCUT2D eigenvalue weighted by molar-refractivity contribution is -0.384. The van der Waals surface area contributed by atoms with Crippen LogP contribution in [-0.4, -0.2) is 70.1 Å². The number of aliphatic carboxylic acids is 2. The van der Waals surface area contributed by atoms with Crippen molar-refractivity contribution in [2.45, 2.75) is 6.54 Å². The Hall–Kier alpha value is -2.52. The zero-order valence-electron chi connectivity index (χ0n) is 12.7. The predicted octanol–water partition coefficient (Wildman–Crippen LogP) is 0.498. The highest BCUT2D eigenvalue weighted by atomic mass is 16.6. The van der Waals surface area contributed by atoms with Crippen LogP contribution in [-0.2, 0) is 16.1 Å². The van der Waals surface area contributed by atoms with Gasteiger partial charge in [0, 0.05) is 44.9 Å². The molecular formula is C14H19N3O6. The molecule has 2 rings (SSSR count). The molecule has 1 saturated heterocycles. The van der Waals surface area contributed by atoms with Crippen molar-refractivity contribution in [3.63, 3.8) is 0 Å². The first-order valence-electron chi connectivity index (χ1n) is 6.90. The van der Waals surface area contributed by atoms with E-state index in [9.17, 15) is 10.1 Å². The second-order valence-corrected chi connectivity index (χ2v) is 5.11. The predicted molar refractivity (Wildman–Crippen MR) is 81.1 cm³/mol. The van der Waals surface area contributed by atoms with Crippen LogP contribution in [0, 0.1) is 10.1 Å². The van der Waals surface area contributed by atoms with E-state index >= 15 is 0 Å². The normalized spacial score (nSPS) is 15.3. The summed E-state index contributed by atoms with van der Waals surface area (Å²) in [5, 5.41) is 25.3. The molecule has 0 saturated carbocycles. The quantitative estimate of drug-likeness (QED) is 0.467. The van der Waals surface area contributed by atoms with Crippen molar-refractivity contribution in [1.82, 2.24) is 9.80 Å². The number of carboxylic acids is 2. The second kappa shape index (κ2) is 8.81. The summed E-state index contributed by atoms with van der Waals surface area (Å²) in [7, 11) is 2.13. The molecule has 126 valence electrons. The number of hydrogen-bond donors (Lipinski definition) is 2. The number of nitro benzene ring substituents is 1. The molecule has 0 amide bonds. The van der Waals surface area contributed by atoms with Gasteiger partial charge in [0.25, 0.3) is 5.69 Å². The molecule has 2 N–H and O–H groups in total. The Labute approximate surface area is 132 Å². The number of carboxylic acid groups (broad SMARTS) is 2. The van der Waals surface area contributed by atoms with Crippen LogP contribution in [0.3, 0.4) is 0 Å². The van der Waals surface area contributed by atoms with Crippen LogP contribution in [0.5, 0.6) is 0 Å². The molecule has 9 nitrogen and oxygen atoms in total. The topological polar surface area (TPSA) is 124 Å². The highest BCUT2D eigenvalue weighted by Gasteiger charge is 2.14. The lowest BCUT2D eigenvalue weighted by Gasteiger charge is -2.32. The third-order valence-electron chi connectivity index (χ3n) is 3.33. The Kier molecular flexibility index (Phi) is 7.10. The Morgan fingerprint density at radius 3 is 1.96 bits per heavy atom. The van der Waals surface area contributed by atoms with E-state index in [1.807, 2.05) is 12.1 Å². The molecule has 1 heterocycles. The fourth-order valence-electron chi connectivity index (χ4n) is 1.99. The number of carbonyl (C=O) groups is 2. The molecule has 1 aromatic rings. The highest BCUT2D eigenvalue weighted by Crippen LogP contribution is 2.14. The number of benzene rings is 1. The van der Waals surface area contributed by atoms with Gasteiger partial charge < -0.3 is 15.1 Å². The minimum Gasteiger partial charge on any atom is -0.473 e. The Bertz CT molecular complexity index is 540. The van der Waals surface area contributed by atoms with Gasteiger partial charge in [0.1, 0.15) is 0 Å². The third-order valence-corrected chi connectivity index (χ3v) is 3.33. The molecule has 0 unspecified atom stereocenters. The number of nitro groups is 1. The standard InChI is InChI=1S/C12H17N3O2.C2H2O4/c1-13-6-8-14(9-7-13)10-11-2-4-12(5-3-11)15(16)17;3-1(4)2(5)6/h2-5H,6-10H2,1H3;(H,3,4)(H,5,6). The fourth-order valence-corrected chi connectivity index (χ4v) is 1.99. The third kappa shape index (κ3) is 6.85. The number of non-ortho nitro benzene ring substituents is 1. The molecule has 0 bridgehead atoms. The average Bonchev–Trinajstić information content (AvgIpc) is 2.50. The Balaban J connectivity index is 0.000000379. The van der Waals surface area contributed by atoms with Gasteiger partial charge in [-0.3, -0.25) is 15.0 Å². The SMILES string of the molecule is CN1CCN(Cc2ccc([N+](=O)[O-])cc2)CC1.O=C(O)C(=O)O. The zero-order valence-corrected chi connectivity index (χ0v) is 12.7. The zero-order chi connectivity index (χ0) is 17.4. The van der Waals surface area contributed by atoms with E-state index in [0.29, 0.717) is 0 Å². The molecule has 0 spiro atoms. The highest BCUT2D eigenvalue weighted by molar-refractivity contribution is 6.27. The molecule has 0 aliphatic carbocycles. The van der Waals surface area contributed by atoms with Gasteiger partial charge >= 0.3 is 11.9 Å². The van der Waals surface area contributed by atoms with Gasteiger partial charge in [0.15, 0.2) is 0 Å². The summed E-state index contributed by atoms with van der Waals surface area (Å²) in [4.78, 5) is 33.1. The van der Waals surface area contributed by atoms with Crippen LogP contribution < -0.4 is 0 Å². The van der Waals surface area contributed by atoms with Gasteiger partial charge in [-0.1, -0.05) is 12.1 Å². The van der Waals surface area contributed by atoms with Crippen LogP contribution in [0.15, 0.2) is 24.3 Å². The van der Waals surface area contributed by atoms with Crippen LogP contribution in [0.4, 0.5) is 5.69 Å². The molecule has 0 aromatic heterocycles. The average molecular weight is 325 g/mol. The minimum absolute atomic E-state index is 0.159. The van der Waals surface area contributed by atoms with E-state index in [0.717, 1.165) is 38.3 Å². The number of nitrogens with zero attached hydrogens (tertiary/aromatic N) is 3. The first-order chi connectivity index (χ1) is 10.8. The van der Waals surface area contributed by atoms with Crippen LogP contribution in [0.2, 0.25) is 0 Å². The van der Waals surface area contributed by atoms with Gasteiger partial charge in [-0.25, -0.2) is 9.59 Å². The van der Waals surface area contributed by atoms with E-state index < -0.39 is 11.9 Å². The van der Waals surface area contributed by atoms with Crippen molar-refractivity contribution < 1.29 is 24.7 Å². The van der Waals surface area contributed by atoms with Crippen LogP contribution in [0.1, 0.15) is 5.56 Å². The Morgan fingerprint density at radius 1 is 1.09 bits per heavy atom. The van der Waals surface area contributed by atoms with Crippen LogP contribution >= 0.6 is 0 Å². The van der Waals surface area contributed by atoms with Gasteiger partial charge in [0.05, 0.1) is 4.92 Å². The summed E-state index contributed by atoms with van der Waals surface area (Å²) in [5.74, 6) is -3.65. The number of likely N-dealkylation sites (N-methyl/N-ethyl adjacent to an activating group) is 1. The Morgan fingerprint density at radius 2 is 1.57 bits per heavy atom. The largest absolute Gasteiger partial charge is 0.473 e. The summed E-state index contributed by atoms with van der Waals surface area (Å²) < 4.78 is 0. The lowest BCUT2D eigenvalue weighted by Crippen LogP contribution is -2.43. The van der Waals surface area contributed by atoms with Crippen molar-refractivity contribution in [3.05, 3.63) is 39.9 Å². The summed E-state index contributed by atoms with van der Waals surface area (Å²) in [6.07, 6.45) is 0. The van der Waals surface area contributed by atoms with E-state index in [-0.39, 0.29) is 10.6 Å². The molecular weight excluding hydrogens is 306 g/mol. The van der Waals surface area contributed by atoms with E-state index in [2.05, 4.69) is 16.8 Å². The van der Waals surface area contributed by atoms with Crippen molar-refractivity contribution >= 4 is 17.6 Å². The summed E-state index contributed by atoms with van der Waals surface area (Å²) >= 11 is 0. The van der Waals surface area contributed by atoms with Crippen molar-refractivity contribution in [2.75, 3.05) is 33.2 Å². The maximum absolute atomic E-state index is 10.5. The number of piperazine rings is 1. The minimum atomic E-state index is -1.82. The van der Waals surface area contributed by atoms with Crippen molar-refractivity contribution in [2.24, 2.45) is 0 Å². The molecule has 23 heavy (non-hydrogen) atoms. The fraction of sp³-hybridized carbons (Fsp3) is 0.429. The molecule has 0 radical (unpaired) electrons. The van der Waals surface area contributed by atoms with E-state index in [1.54, 1.807) is 12.1 Å². The van der Waals surface area contributed by atoms with Gasteiger partial charge in [-0.15, -0.1) is 0 Å². The van der Waals surface area contributed by atoms with Crippen molar-refractivity contribution in [1.29, 1.82) is 0 Å². The summed E-state index contributed by atoms with van der Waals surface area (Å²) in [5.41, 5.74) is 1.30.